The van der Waals surface area contributed by atoms with E-state index in [9.17, 15) is 14.9 Å². The quantitative estimate of drug-likeness (QED) is 0.350. The molecule has 0 N–H and O–H groups in total. The van der Waals surface area contributed by atoms with Crippen LogP contribution < -0.4 is 4.74 Å². The Bertz CT molecular complexity index is 873. The lowest BCUT2D eigenvalue weighted by molar-refractivity contribution is -0.385. The van der Waals surface area contributed by atoms with E-state index in [1.54, 1.807) is 13.8 Å². The molecule has 2 aromatic rings. The molecule has 3 rings (SSSR count). The van der Waals surface area contributed by atoms with Crippen LogP contribution >= 0.6 is 0 Å². The summed E-state index contributed by atoms with van der Waals surface area (Å²) < 4.78 is 10.6. The highest BCUT2D eigenvalue weighted by Crippen LogP contribution is 2.45. The van der Waals surface area contributed by atoms with E-state index in [2.05, 4.69) is 0 Å². The molecular formula is C20H19NO5. The number of carbonyl (C=O) groups excluding carboxylic acids is 1. The van der Waals surface area contributed by atoms with Crippen LogP contribution in [0.15, 0.2) is 48.5 Å². The third kappa shape index (κ3) is 3.44. The predicted molar refractivity (Wildman–Crippen MR) is 97.2 cm³/mol. The molecule has 0 aromatic heterocycles. The van der Waals surface area contributed by atoms with E-state index in [0.717, 1.165) is 11.1 Å². The average molecular weight is 353 g/mol. The number of nitro groups is 1. The van der Waals surface area contributed by atoms with Crippen molar-refractivity contribution in [2.24, 2.45) is 0 Å². The molecule has 134 valence electrons. The Hall–Kier alpha value is -3.15. The molecule has 0 spiro atoms. The predicted octanol–water partition coefficient (Wildman–Crippen LogP) is 4.09. The zero-order valence-corrected chi connectivity index (χ0v) is 14.6. The number of fused-ring (bicyclic) bond motifs is 1. The zero-order chi connectivity index (χ0) is 18.7. The van der Waals surface area contributed by atoms with Crippen LogP contribution in [0.3, 0.4) is 0 Å². The topological polar surface area (TPSA) is 78.7 Å². The summed E-state index contributed by atoms with van der Waals surface area (Å²) >= 11 is 0. The Kier molecular flexibility index (Phi) is 5.02. The van der Waals surface area contributed by atoms with Gasteiger partial charge in [-0.2, -0.15) is 0 Å². The van der Waals surface area contributed by atoms with Gasteiger partial charge in [-0.05, 0) is 36.6 Å². The Labute approximate surface area is 151 Å². The fourth-order valence-electron chi connectivity index (χ4n) is 3.08. The summed E-state index contributed by atoms with van der Waals surface area (Å²) in [6.45, 7) is 4.08. The number of esters is 1. The maximum Gasteiger partial charge on any atom is 0.331 e. The van der Waals surface area contributed by atoms with Crippen LogP contribution in [0.4, 0.5) is 5.69 Å². The molecule has 26 heavy (non-hydrogen) atoms. The number of allylic oxidation sites excluding steroid dienone is 1. The normalized spacial score (nSPS) is 15.9. The molecule has 0 bridgehead atoms. The third-order valence-corrected chi connectivity index (χ3v) is 4.34. The Morgan fingerprint density at radius 3 is 2.73 bits per heavy atom. The highest BCUT2D eigenvalue weighted by molar-refractivity contribution is 5.91. The standard InChI is InChI=1S/C20H19NO5/c1-3-25-19(22)9-13(2)15-10-16-17(14-7-5-4-6-8-14)12-26-20(16)18(11-15)21(23)24/h4-11,17H,3,12H2,1-2H3/b13-9+. The van der Waals surface area contributed by atoms with E-state index >= 15 is 0 Å². The van der Waals surface area contributed by atoms with Gasteiger partial charge >= 0.3 is 11.7 Å². The van der Waals surface area contributed by atoms with Crippen molar-refractivity contribution in [2.45, 2.75) is 19.8 Å². The number of nitrogens with zero attached hydrogens (tertiary/aromatic N) is 1. The van der Waals surface area contributed by atoms with Gasteiger partial charge in [0.15, 0.2) is 0 Å². The van der Waals surface area contributed by atoms with Crippen LogP contribution in [-0.4, -0.2) is 24.1 Å². The minimum atomic E-state index is -0.469. The van der Waals surface area contributed by atoms with Crippen LogP contribution in [0.25, 0.3) is 5.57 Å². The van der Waals surface area contributed by atoms with E-state index in [4.69, 9.17) is 9.47 Å². The first-order chi connectivity index (χ1) is 12.5. The molecule has 1 aliphatic rings. The van der Waals surface area contributed by atoms with Gasteiger partial charge in [-0.3, -0.25) is 10.1 Å². The molecule has 1 aliphatic heterocycles. The van der Waals surface area contributed by atoms with Crippen molar-refractivity contribution in [3.63, 3.8) is 0 Å². The molecule has 0 aliphatic carbocycles. The highest BCUT2D eigenvalue weighted by atomic mass is 16.6. The molecule has 0 fully saturated rings. The number of carbonyl (C=O) groups is 1. The zero-order valence-electron chi connectivity index (χ0n) is 14.6. The molecule has 0 radical (unpaired) electrons. The molecule has 1 heterocycles. The van der Waals surface area contributed by atoms with Gasteiger partial charge in [-0.15, -0.1) is 0 Å². The van der Waals surface area contributed by atoms with Crippen molar-refractivity contribution in [1.29, 1.82) is 0 Å². The lowest BCUT2D eigenvalue weighted by Crippen LogP contribution is -2.02. The summed E-state index contributed by atoms with van der Waals surface area (Å²) in [5, 5.41) is 11.5. The first-order valence-electron chi connectivity index (χ1n) is 8.36. The first kappa shape index (κ1) is 17.7. The second-order valence-electron chi connectivity index (χ2n) is 6.02. The van der Waals surface area contributed by atoms with Crippen LogP contribution in [0, 0.1) is 10.1 Å². The number of ether oxygens (including phenoxy) is 2. The highest BCUT2D eigenvalue weighted by Gasteiger charge is 2.33. The van der Waals surface area contributed by atoms with Gasteiger partial charge in [0.2, 0.25) is 5.75 Å². The lowest BCUT2D eigenvalue weighted by Gasteiger charge is -2.11. The number of rotatable bonds is 5. The maximum absolute atomic E-state index is 11.7. The van der Waals surface area contributed by atoms with Gasteiger partial charge in [0.25, 0.3) is 0 Å². The second kappa shape index (κ2) is 7.39. The number of nitro benzene ring substituents is 1. The van der Waals surface area contributed by atoms with Crippen molar-refractivity contribution >= 4 is 17.2 Å². The summed E-state index contributed by atoms with van der Waals surface area (Å²) in [6, 6.07) is 13.0. The van der Waals surface area contributed by atoms with E-state index in [1.165, 1.54) is 12.1 Å². The van der Waals surface area contributed by atoms with Crippen LogP contribution in [0.1, 0.15) is 36.5 Å². The average Bonchev–Trinajstić information content (AvgIpc) is 3.05. The number of hydrogen-bond donors (Lipinski definition) is 0. The molecular weight excluding hydrogens is 334 g/mol. The van der Waals surface area contributed by atoms with E-state index in [1.807, 2.05) is 36.4 Å². The third-order valence-electron chi connectivity index (χ3n) is 4.34. The van der Waals surface area contributed by atoms with Gasteiger partial charge < -0.3 is 9.47 Å². The molecule has 2 aromatic carbocycles. The van der Waals surface area contributed by atoms with Crippen molar-refractivity contribution < 1.29 is 19.2 Å². The summed E-state index contributed by atoms with van der Waals surface area (Å²) in [7, 11) is 0. The maximum atomic E-state index is 11.7. The van der Waals surface area contributed by atoms with Gasteiger partial charge in [-0.25, -0.2) is 4.79 Å². The van der Waals surface area contributed by atoms with Crippen molar-refractivity contribution in [2.75, 3.05) is 13.2 Å². The van der Waals surface area contributed by atoms with Crippen LogP contribution in [0.5, 0.6) is 5.75 Å². The van der Waals surface area contributed by atoms with Gasteiger partial charge in [0.05, 0.1) is 18.1 Å². The van der Waals surface area contributed by atoms with E-state index < -0.39 is 10.9 Å². The minimum absolute atomic E-state index is 0.0831. The van der Waals surface area contributed by atoms with Crippen molar-refractivity contribution in [3.8, 4) is 5.75 Å². The smallest absolute Gasteiger partial charge is 0.331 e. The summed E-state index contributed by atoms with van der Waals surface area (Å²) in [5.41, 5.74) is 2.91. The number of benzene rings is 2. The van der Waals surface area contributed by atoms with Gasteiger partial charge in [0.1, 0.15) is 0 Å². The van der Waals surface area contributed by atoms with E-state index in [-0.39, 0.29) is 18.2 Å². The molecule has 0 amide bonds. The lowest BCUT2D eigenvalue weighted by atomic mass is 9.90. The van der Waals surface area contributed by atoms with E-state index in [0.29, 0.717) is 23.5 Å². The molecule has 0 saturated carbocycles. The number of hydrogen-bond acceptors (Lipinski definition) is 5. The van der Waals surface area contributed by atoms with Gasteiger partial charge in [0, 0.05) is 23.6 Å². The van der Waals surface area contributed by atoms with Crippen LogP contribution in [-0.2, 0) is 9.53 Å². The van der Waals surface area contributed by atoms with Gasteiger partial charge in [-0.1, -0.05) is 30.3 Å². The second-order valence-corrected chi connectivity index (χ2v) is 6.02. The Morgan fingerprint density at radius 2 is 2.08 bits per heavy atom. The van der Waals surface area contributed by atoms with Crippen molar-refractivity contribution in [1.82, 2.24) is 0 Å². The largest absolute Gasteiger partial charge is 0.486 e. The molecule has 6 nitrogen and oxygen atoms in total. The molecule has 1 atom stereocenters. The van der Waals surface area contributed by atoms with Crippen LogP contribution in [0.2, 0.25) is 0 Å². The molecule has 1 unspecified atom stereocenters. The SMILES string of the molecule is CCOC(=O)/C=C(\C)c1cc2c(c([N+](=O)[O-])c1)OCC2c1ccccc1. The minimum Gasteiger partial charge on any atom is -0.486 e. The fraction of sp³-hybridized carbons (Fsp3) is 0.250. The Morgan fingerprint density at radius 1 is 1.35 bits per heavy atom. The monoisotopic (exact) mass is 353 g/mol. The summed E-state index contributed by atoms with van der Waals surface area (Å²) in [4.78, 5) is 22.8. The van der Waals surface area contributed by atoms with Crippen molar-refractivity contribution in [3.05, 3.63) is 75.3 Å². The summed E-state index contributed by atoms with van der Waals surface area (Å²) in [6.07, 6.45) is 1.35. The molecule has 0 saturated heterocycles. The fourth-order valence-corrected chi connectivity index (χ4v) is 3.08. The Balaban J connectivity index is 2.08. The summed E-state index contributed by atoms with van der Waals surface area (Å²) in [5.74, 6) is -0.249. The molecule has 6 heteroatoms. The first-order valence-corrected chi connectivity index (χ1v) is 8.36.